The van der Waals surface area contributed by atoms with Gasteiger partial charge in [0, 0.05) is 17.6 Å². The number of carbonyl (C=O) groups excluding carboxylic acids is 1. The highest BCUT2D eigenvalue weighted by Crippen LogP contribution is 2.40. The smallest absolute Gasteiger partial charge is 0.336 e. The second-order valence-electron chi connectivity index (χ2n) is 8.22. The molecule has 0 aliphatic carbocycles. The van der Waals surface area contributed by atoms with Gasteiger partial charge in [-0.3, -0.25) is 4.79 Å². The average Bonchev–Trinajstić information content (AvgIpc) is 3.41. The van der Waals surface area contributed by atoms with Crippen molar-refractivity contribution in [3.05, 3.63) is 76.9 Å². The fraction of sp³-hybridized carbons (Fsp3) is 0.241. The molecule has 0 amide bonds. The Morgan fingerprint density at radius 3 is 2.05 bits per heavy atom. The summed E-state index contributed by atoms with van der Waals surface area (Å²) < 4.78 is 32.7. The lowest BCUT2D eigenvalue weighted by molar-refractivity contribution is -0.130. The third-order valence-corrected chi connectivity index (χ3v) is 5.99. The van der Waals surface area contributed by atoms with Crippen LogP contribution in [0.5, 0.6) is 34.5 Å². The van der Waals surface area contributed by atoms with Crippen LogP contribution in [0.25, 0.3) is 5.57 Å². The third kappa shape index (κ3) is 5.36. The van der Waals surface area contributed by atoms with Gasteiger partial charge in [0.05, 0.1) is 33.5 Å². The first-order chi connectivity index (χ1) is 18.4. The number of benzene rings is 3. The van der Waals surface area contributed by atoms with E-state index in [0.717, 1.165) is 0 Å². The molecule has 1 aliphatic heterocycles. The van der Waals surface area contributed by atoms with Crippen molar-refractivity contribution < 1.29 is 43.1 Å². The van der Waals surface area contributed by atoms with Crippen molar-refractivity contribution in [2.24, 2.45) is 0 Å². The predicted molar refractivity (Wildman–Crippen MR) is 139 cm³/mol. The van der Waals surface area contributed by atoms with E-state index in [0.29, 0.717) is 57.8 Å². The zero-order chi connectivity index (χ0) is 27.2. The van der Waals surface area contributed by atoms with Gasteiger partial charge in [0.2, 0.25) is 12.5 Å². The number of hydrogen-bond acceptors (Lipinski definition) is 8. The molecule has 0 atom stereocenters. The molecule has 1 heterocycles. The van der Waals surface area contributed by atoms with Crippen molar-refractivity contribution in [1.82, 2.24) is 0 Å². The molecule has 0 saturated heterocycles. The average molecular weight is 521 g/mol. The minimum Gasteiger partial charge on any atom is -0.497 e. The molecule has 38 heavy (non-hydrogen) atoms. The number of allylic oxidation sites excluding steroid dienone is 1. The van der Waals surface area contributed by atoms with E-state index >= 15 is 0 Å². The number of rotatable bonds is 11. The molecule has 0 radical (unpaired) electrons. The van der Waals surface area contributed by atoms with Gasteiger partial charge in [-0.25, -0.2) is 4.79 Å². The van der Waals surface area contributed by atoms with Crippen LogP contribution in [-0.2, 0) is 11.2 Å². The number of aliphatic carboxylic acids is 1. The predicted octanol–water partition coefficient (Wildman–Crippen LogP) is 4.80. The molecular weight excluding hydrogens is 492 g/mol. The summed E-state index contributed by atoms with van der Waals surface area (Å²) in [5.74, 6) is 0.990. The molecule has 0 fully saturated rings. The fourth-order valence-electron chi connectivity index (χ4n) is 4.20. The zero-order valence-electron chi connectivity index (χ0n) is 21.5. The number of methoxy groups -OCH3 is 3. The minimum absolute atomic E-state index is 0.0277. The van der Waals surface area contributed by atoms with Crippen molar-refractivity contribution in [1.29, 1.82) is 0 Å². The molecule has 9 heteroatoms. The van der Waals surface area contributed by atoms with Gasteiger partial charge in [0.1, 0.15) is 5.75 Å². The van der Waals surface area contributed by atoms with Gasteiger partial charge in [0.15, 0.2) is 28.8 Å². The first kappa shape index (κ1) is 26.4. The molecule has 1 aliphatic rings. The highest BCUT2D eigenvalue weighted by molar-refractivity contribution is 6.26. The van der Waals surface area contributed by atoms with Crippen LogP contribution in [0.3, 0.4) is 0 Å². The van der Waals surface area contributed by atoms with Crippen LogP contribution in [-0.4, -0.2) is 51.6 Å². The number of fused-ring (bicyclic) bond motifs is 1. The van der Waals surface area contributed by atoms with Crippen molar-refractivity contribution in [3.63, 3.8) is 0 Å². The summed E-state index contributed by atoms with van der Waals surface area (Å²) in [6.45, 7) is 2.26. The number of carbonyl (C=O) groups is 2. The summed E-state index contributed by atoms with van der Waals surface area (Å²) in [4.78, 5) is 26.6. The molecule has 1 N–H and O–H groups in total. The molecule has 0 aromatic heterocycles. The Labute approximate surface area is 220 Å². The van der Waals surface area contributed by atoms with E-state index in [2.05, 4.69) is 0 Å². The van der Waals surface area contributed by atoms with E-state index in [4.69, 9.17) is 28.4 Å². The Hall–Kier alpha value is -4.66. The molecular formula is C29H28O9. The maximum Gasteiger partial charge on any atom is 0.336 e. The van der Waals surface area contributed by atoms with Gasteiger partial charge in [-0.2, -0.15) is 0 Å². The number of hydrogen-bond donors (Lipinski definition) is 1. The van der Waals surface area contributed by atoms with Crippen molar-refractivity contribution in [2.45, 2.75) is 13.3 Å². The monoisotopic (exact) mass is 520 g/mol. The van der Waals surface area contributed by atoms with Crippen molar-refractivity contribution >= 4 is 17.3 Å². The molecule has 198 valence electrons. The molecule has 0 saturated carbocycles. The minimum atomic E-state index is -1.26. The summed E-state index contributed by atoms with van der Waals surface area (Å²) >= 11 is 0. The normalized spacial score (nSPS) is 12.4. The fourth-order valence-corrected chi connectivity index (χ4v) is 4.20. The number of ketones is 1. The Morgan fingerprint density at radius 1 is 0.842 bits per heavy atom. The molecule has 0 bridgehead atoms. The topological polar surface area (TPSA) is 110 Å². The Morgan fingerprint density at radius 2 is 1.47 bits per heavy atom. The van der Waals surface area contributed by atoms with Crippen molar-refractivity contribution in [2.75, 3.05) is 34.7 Å². The molecule has 3 aromatic rings. The van der Waals surface area contributed by atoms with Crippen LogP contribution in [0.1, 0.15) is 28.4 Å². The highest BCUT2D eigenvalue weighted by atomic mass is 16.7. The van der Waals surface area contributed by atoms with E-state index in [1.165, 1.54) is 21.3 Å². The standard InChI is InChI=1S/C29H28O9/c1-5-36-28-24(34-3)13-17(14-25(28)35-4)12-21(27(30)18-6-9-20(33-2)10-7-18)26(29(31)32)19-8-11-22-23(15-19)38-16-37-22/h6-11,13-15H,5,12,16H2,1-4H3,(H,31,32)/b26-21+. The summed E-state index contributed by atoms with van der Waals surface area (Å²) in [5, 5.41) is 10.3. The summed E-state index contributed by atoms with van der Waals surface area (Å²) in [5.41, 5.74) is 1.12. The number of carboxylic acid groups (broad SMARTS) is 1. The van der Waals surface area contributed by atoms with E-state index in [1.807, 2.05) is 6.92 Å². The summed E-state index contributed by atoms with van der Waals surface area (Å²) in [7, 11) is 4.52. The maximum atomic E-state index is 13.9. The third-order valence-electron chi connectivity index (χ3n) is 5.99. The van der Waals surface area contributed by atoms with E-state index in [-0.39, 0.29) is 24.4 Å². The zero-order valence-corrected chi connectivity index (χ0v) is 21.5. The molecule has 4 rings (SSSR count). The van der Waals surface area contributed by atoms with Gasteiger partial charge in [-0.15, -0.1) is 0 Å². The van der Waals surface area contributed by atoms with Crippen LogP contribution >= 0.6 is 0 Å². The number of carboxylic acids is 1. The lowest BCUT2D eigenvalue weighted by atomic mass is 9.89. The first-order valence-electron chi connectivity index (χ1n) is 11.8. The second-order valence-corrected chi connectivity index (χ2v) is 8.22. The summed E-state index contributed by atoms with van der Waals surface area (Å²) in [6, 6.07) is 14.7. The molecule has 0 spiro atoms. The van der Waals surface area contributed by atoms with Crippen LogP contribution in [0, 0.1) is 0 Å². The van der Waals surface area contributed by atoms with E-state index < -0.39 is 11.8 Å². The van der Waals surface area contributed by atoms with Crippen LogP contribution < -0.4 is 28.4 Å². The maximum absolute atomic E-state index is 13.9. The quantitative estimate of drug-likeness (QED) is 0.281. The van der Waals surface area contributed by atoms with E-state index in [1.54, 1.807) is 54.6 Å². The Balaban J connectivity index is 1.89. The lowest BCUT2D eigenvalue weighted by Gasteiger charge is -2.17. The SMILES string of the molecule is CCOc1c(OC)cc(C/C(C(=O)c2ccc(OC)cc2)=C(\C(=O)O)c2ccc3c(c2)OCO3)cc1OC. The van der Waals surface area contributed by atoms with Crippen LogP contribution in [0.15, 0.2) is 60.2 Å². The Kier molecular flexibility index (Phi) is 8.06. The largest absolute Gasteiger partial charge is 0.497 e. The van der Waals surface area contributed by atoms with Gasteiger partial charge in [0.25, 0.3) is 0 Å². The van der Waals surface area contributed by atoms with Crippen molar-refractivity contribution in [3.8, 4) is 34.5 Å². The van der Waals surface area contributed by atoms with Gasteiger partial charge in [-0.1, -0.05) is 6.07 Å². The van der Waals surface area contributed by atoms with Crippen LogP contribution in [0.2, 0.25) is 0 Å². The lowest BCUT2D eigenvalue weighted by Crippen LogP contribution is -2.14. The number of ether oxygens (including phenoxy) is 6. The van der Waals surface area contributed by atoms with Gasteiger partial charge < -0.3 is 33.5 Å². The summed E-state index contributed by atoms with van der Waals surface area (Å²) in [6.07, 6.45) is -0.0277. The second kappa shape index (κ2) is 11.6. The van der Waals surface area contributed by atoms with E-state index in [9.17, 15) is 14.7 Å². The first-order valence-corrected chi connectivity index (χ1v) is 11.8. The highest BCUT2D eigenvalue weighted by Gasteiger charge is 2.27. The van der Waals surface area contributed by atoms with Gasteiger partial charge >= 0.3 is 5.97 Å². The Bertz CT molecular complexity index is 1350. The van der Waals surface area contributed by atoms with Crippen LogP contribution in [0.4, 0.5) is 0 Å². The molecule has 9 nitrogen and oxygen atoms in total. The van der Waals surface area contributed by atoms with Gasteiger partial charge in [-0.05, 0) is 66.6 Å². The number of Topliss-reactive ketones (excluding diaryl/α,β-unsaturated/α-hetero) is 1. The molecule has 3 aromatic carbocycles. The molecule has 0 unspecified atom stereocenters.